The van der Waals surface area contributed by atoms with Gasteiger partial charge in [-0.2, -0.15) is 43.9 Å². The van der Waals surface area contributed by atoms with E-state index in [4.69, 9.17) is 0 Å². The van der Waals surface area contributed by atoms with Crippen molar-refractivity contribution in [2.24, 2.45) is 0 Å². The molecular weight excluding hydrogens is 1500 g/mol. The molecule has 0 aliphatic carbocycles. The second-order valence-electron chi connectivity index (χ2n) is 28.7. The van der Waals surface area contributed by atoms with E-state index in [-0.39, 0.29) is 45.2 Å². The number of esters is 2. The van der Waals surface area contributed by atoms with Gasteiger partial charge in [0.15, 0.2) is 62.8 Å². The van der Waals surface area contributed by atoms with Crippen LogP contribution in [-0.4, -0.2) is 75.7 Å². The van der Waals surface area contributed by atoms with Gasteiger partial charge in [-0.05, 0) is 141 Å². The van der Waals surface area contributed by atoms with Gasteiger partial charge in [0, 0.05) is 17.7 Å². The predicted molar refractivity (Wildman–Crippen MR) is 393 cm³/mol. The quantitative estimate of drug-likeness (QED) is 0.0425. The molecule has 0 aliphatic rings. The summed E-state index contributed by atoms with van der Waals surface area (Å²) >= 11 is 0. The van der Waals surface area contributed by atoms with Crippen LogP contribution in [0.1, 0.15) is 143 Å². The van der Waals surface area contributed by atoms with Gasteiger partial charge in [-0.1, -0.05) is 210 Å². The Balaban J connectivity index is 0.000000288. The highest BCUT2D eigenvalue weighted by Gasteiger charge is 2.42. The number of hydrogen-bond donors (Lipinski definition) is 1. The summed E-state index contributed by atoms with van der Waals surface area (Å²) < 4.78 is 203. The third kappa shape index (κ3) is 28.5. The minimum absolute atomic E-state index is 0. The Bertz CT molecular complexity index is 4140. The zero-order valence-electron chi connectivity index (χ0n) is 61.5. The van der Waals surface area contributed by atoms with E-state index >= 15 is 0 Å². The van der Waals surface area contributed by atoms with Crippen LogP contribution in [0.15, 0.2) is 266 Å². The average Bonchev–Trinajstić information content (AvgIpc) is 0.836. The van der Waals surface area contributed by atoms with Crippen molar-refractivity contribution < 1.29 is 106 Å². The van der Waals surface area contributed by atoms with Crippen LogP contribution in [0.2, 0.25) is 0 Å². The number of rotatable bonds is 16. The zero-order chi connectivity index (χ0) is 79.7. The summed E-state index contributed by atoms with van der Waals surface area (Å²) in [6, 6.07) is 70.2. The number of benzene rings is 9. The average molecular weight is 1590 g/mol. The highest BCUT2D eigenvalue weighted by molar-refractivity contribution is 7.97. The maximum absolute atomic E-state index is 13.2. The van der Waals surface area contributed by atoms with E-state index in [0.29, 0.717) is 9.79 Å². The molecule has 578 valence electrons. The largest absolute Gasteiger partial charge is 1.00 e. The zero-order valence-corrected chi connectivity index (χ0v) is 65.5. The second kappa shape index (κ2) is 37.9. The van der Waals surface area contributed by atoms with Crippen LogP contribution >= 0.6 is 0 Å². The lowest BCUT2D eigenvalue weighted by molar-refractivity contribution is -0.872. The highest BCUT2D eigenvalue weighted by atomic mass is 35.5. The minimum atomic E-state index is -5.90. The molecule has 0 spiro atoms. The molecule has 0 unspecified atom stereocenters. The smallest absolute Gasteiger partial charge is 0.416 e. The molecule has 9 rings (SSSR count). The Labute approximate surface area is 633 Å². The molecule has 1 N–H and O–H groups in total. The van der Waals surface area contributed by atoms with Gasteiger partial charge in [-0.3, -0.25) is 0 Å². The van der Waals surface area contributed by atoms with Crippen LogP contribution < -0.4 is 17.3 Å². The number of alkyl halides is 10. The lowest BCUT2D eigenvalue weighted by atomic mass is 9.79. The second-order valence-corrected chi connectivity index (χ2v) is 35.8. The molecule has 0 heterocycles. The van der Waals surface area contributed by atoms with Crippen LogP contribution in [0.4, 0.5) is 43.9 Å². The Hall–Kier alpha value is -8.01. The molecule has 107 heavy (non-hydrogen) atoms. The summed E-state index contributed by atoms with van der Waals surface area (Å²) in [5.74, 6) is -2.22. The van der Waals surface area contributed by atoms with Gasteiger partial charge in [0.2, 0.25) is 0 Å². The number of nitrogens with one attached hydrogen (secondary N) is 1. The molecule has 0 radical (unpaired) electrons. The van der Waals surface area contributed by atoms with Crippen molar-refractivity contribution in [1.82, 2.24) is 0 Å². The standard InChI is InChI=1S/2C19H14F3S.2C17H24F2O5S.C9H13N.ClH/c2*20-19(21,22)15-8-7-13-18(14-15)23(16-9-3-1-4-10-16)17-11-5-2-6-12-17;2*1-15(2,3)12-7-11(8-13(9-12)16(4,5)6)14(20)24-10-17(18,19)25(21,22)23;1-10(2)8-9-6-4-3-5-7-9;/h2*1-14H;2*7-9H,10H2,1-6H3,(H,21,22,23);3-7H,8H2,1-2H3;1H/q2*+1;;;;/p-2. The van der Waals surface area contributed by atoms with Gasteiger partial charge >= 0.3 is 34.8 Å². The molecule has 0 aliphatic heterocycles. The number of halogens is 11. The maximum Gasteiger partial charge on any atom is 0.416 e. The molecule has 9 aromatic rings. The van der Waals surface area contributed by atoms with E-state index in [9.17, 15) is 79.4 Å². The minimum Gasteiger partial charge on any atom is -1.00 e. The van der Waals surface area contributed by atoms with Crippen molar-refractivity contribution in [3.63, 3.8) is 0 Å². The fraction of sp³-hybridized carbons (Fsp3) is 0.309. The van der Waals surface area contributed by atoms with Gasteiger partial charge < -0.3 is 35.9 Å². The van der Waals surface area contributed by atoms with E-state index in [2.05, 4.69) is 53.9 Å². The Morgan fingerprint density at radius 3 is 0.794 bits per heavy atom. The van der Waals surface area contributed by atoms with Crippen LogP contribution in [0.3, 0.4) is 0 Å². The van der Waals surface area contributed by atoms with Crippen molar-refractivity contribution in [3.05, 3.63) is 287 Å². The SMILES string of the molecule is CC(C)(C)c1cc(C(=O)OCC(F)(F)S(=O)(=O)[O-])cc(C(C)(C)C)c1.CC(C)(C)c1cc(C(=O)OCC(F)(F)S(=O)(=O)[O-])cc(C(C)(C)C)c1.C[NH+](C)Cc1ccccc1.FC(F)(F)c1cccc([S+](c2ccccc2)c2ccccc2)c1.FC(F)(F)c1cccc([S+](c2ccccc2)c2ccccc2)c1.[Cl-]. The molecule has 0 bridgehead atoms. The fourth-order valence-electron chi connectivity index (χ4n) is 9.48. The summed E-state index contributed by atoms with van der Waals surface area (Å²) in [5.41, 5.74) is 2.21. The Morgan fingerprint density at radius 1 is 0.346 bits per heavy atom. The van der Waals surface area contributed by atoms with Gasteiger partial charge in [0.25, 0.3) is 0 Å². The number of carbonyl (C=O) groups is 2. The third-order valence-corrected chi connectivity index (χ3v) is 21.5. The number of carbonyl (C=O) groups excluding carboxylic acids is 2. The van der Waals surface area contributed by atoms with Crippen LogP contribution in [0.25, 0.3) is 0 Å². The molecular formula is C81H88ClF10NO10S4. The first-order chi connectivity index (χ1) is 48.8. The number of hydrogen-bond acceptors (Lipinski definition) is 10. The molecule has 0 saturated heterocycles. The first-order valence-corrected chi connectivity index (χ1v) is 38.3. The summed E-state index contributed by atoms with van der Waals surface area (Å²) in [6.45, 7) is 20.7. The normalized spacial score (nSPS) is 12.3. The molecule has 0 atom stereocenters. The van der Waals surface area contributed by atoms with E-state index in [1.54, 1.807) is 12.1 Å². The third-order valence-electron chi connectivity index (χ3n) is 15.4. The molecule has 0 saturated carbocycles. The maximum atomic E-state index is 13.2. The van der Waals surface area contributed by atoms with Gasteiger partial charge in [-0.25, -0.2) is 26.4 Å². The first kappa shape index (κ1) is 91.4. The summed E-state index contributed by atoms with van der Waals surface area (Å²) in [6.07, 6.45) is -8.67. The summed E-state index contributed by atoms with van der Waals surface area (Å²) in [4.78, 5) is 31.0. The van der Waals surface area contributed by atoms with Crippen molar-refractivity contribution in [1.29, 1.82) is 0 Å². The predicted octanol–water partition coefficient (Wildman–Crippen LogP) is 16.1. The molecule has 0 fully saturated rings. The molecule has 0 amide bonds. The van der Waals surface area contributed by atoms with Crippen LogP contribution in [-0.2, 0) is 92.1 Å². The number of quaternary nitrogens is 1. The Morgan fingerprint density at radius 2 is 0.579 bits per heavy atom. The van der Waals surface area contributed by atoms with E-state index in [0.717, 1.165) is 60.5 Å². The van der Waals surface area contributed by atoms with Crippen molar-refractivity contribution in [3.8, 4) is 0 Å². The van der Waals surface area contributed by atoms with Gasteiger partial charge in [0.1, 0.15) is 6.54 Å². The van der Waals surface area contributed by atoms with Gasteiger partial charge in [-0.15, -0.1) is 0 Å². The topological polar surface area (TPSA) is 171 Å². The van der Waals surface area contributed by atoms with Crippen molar-refractivity contribution in [2.75, 3.05) is 27.3 Å². The van der Waals surface area contributed by atoms with Crippen LogP contribution in [0.5, 0.6) is 0 Å². The first-order valence-electron chi connectivity index (χ1n) is 33.0. The van der Waals surface area contributed by atoms with Crippen molar-refractivity contribution in [2.45, 2.75) is 164 Å². The van der Waals surface area contributed by atoms with Crippen LogP contribution in [0, 0.1) is 0 Å². The number of ether oxygens (including phenoxy) is 2. The van der Waals surface area contributed by atoms with E-state index in [1.807, 2.05) is 217 Å². The molecule has 11 nitrogen and oxygen atoms in total. The van der Waals surface area contributed by atoms with E-state index in [1.165, 1.54) is 59.0 Å². The molecule has 26 heteroatoms. The fourth-order valence-corrected chi connectivity index (χ4v) is 14.2. The summed E-state index contributed by atoms with van der Waals surface area (Å²) in [5, 5.41) is -9.34. The summed E-state index contributed by atoms with van der Waals surface area (Å²) in [7, 11) is -8.61. The highest BCUT2D eigenvalue weighted by Crippen LogP contribution is 2.39. The Kier molecular flexibility index (Phi) is 32.4. The monoisotopic (exact) mass is 1590 g/mol. The molecule has 0 aromatic heterocycles. The van der Waals surface area contributed by atoms with Gasteiger partial charge in [0.05, 0.1) is 58.1 Å². The lowest BCUT2D eigenvalue weighted by Crippen LogP contribution is -3.04. The lowest BCUT2D eigenvalue weighted by Gasteiger charge is -2.26. The molecule has 9 aromatic carbocycles. The van der Waals surface area contributed by atoms with E-state index < -0.39 is 101 Å². The van der Waals surface area contributed by atoms with Crippen molar-refractivity contribution >= 4 is 54.0 Å².